The fourth-order valence-corrected chi connectivity index (χ4v) is 3.13. The molecule has 1 aliphatic heterocycles. The molecule has 2 aliphatic rings. The van der Waals surface area contributed by atoms with Gasteiger partial charge in [-0.3, -0.25) is 9.59 Å². The van der Waals surface area contributed by atoms with Crippen molar-refractivity contribution in [2.24, 2.45) is 11.8 Å². The zero-order valence-corrected chi connectivity index (χ0v) is 11.9. The van der Waals surface area contributed by atoms with Gasteiger partial charge in [0.1, 0.15) is 0 Å². The van der Waals surface area contributed by atoms with E-state index in [4.69, 9.17) is 4.84 Å². The van der Waals surface area contributed by atoms with E-state index in [-0.39, 0.29) is 23.5 Å². The average molecular weight is 287 g/mol. The molecule has 2 unspecified atom stereocenters. The molecule has 0 radical (unpaired) electrons. The Balaban J connectivity index is 1.67. The van der Waals surface area contributed by atoms with Gasteiger partial charge in [0.2, 0.25) is 0 Å². The van der Waals surface area contributed by atoms with Gasteiger partial charge in [0.05, 0.1) is 17.5 Å². The largest absolute Gasteiger partial charge is 0.333 e. The van der Waals surface area contributed by atoms with Crippen LogP contribution in [0, 0.1) is 11.8 Å². The number of hydroxylamine groups is 2. The number of benzene rings is 1. The maximum absolute atomic E-state index is 12.1. The smallest absolute Gasteiger partial charge is 0.330 e. The van der Waals surface area contributed by atoms with Crippen LogP contribution < -0.4 is 0 Å². The Labute approximate surface area is 122 Å². The molecule has 2 amide bonds. The van der Waals surface area contributed by atoms with Crippen molar-refractivity contribution in [2.45, 2.75) is 32.6 Å². The van der Waals surface area contributed by atoms with Crippen molar-refractivity contribution in [3.63, 3.8) is 0 Å². The van der Waals surface area contributed by atoms with Crippen molar-refractivity contribution < 1.29 is 19.2 Å². The first kappa shape index (κ1) is 13.8. The summed E-state index contributed by atoms with van der Waals surface area (Å²) in [6.07, 6.45) is 3.49. The summed E-state index contributed by atoms with van der Waals surface area (Å²) in [6.45, 7) is 2.12. The molecule has 2 atom stereocenters. The van der Waals surface area contributed by atoms with E-state index in [0.29, 0.717) is 11.0 Å². The van der Waals surface area contributed by atoms with Crippen LogP contribution in [0.15, 0.2) is 24.3 Å². The maximum atomic E-state index is 12.1. The number of hydrogen-bond donors (Lipinski definition) is 0. The fraction of sp³-hybridized carbons (Fsp3) is 0.438. The Morgan fingerprint density at radius 1 is 1.19 bits per heavy atom. The fourth-order valence-electron chi connectivity index (χ4n) is 3.13. The minimum absolute atomic E-state index is 0.259. The van der Waals surface area contributed by atoms with Crippen LogP contribution in [0.5, 0.6) is 0 Å². The molecule has 0 spiro atoms. The van der Waals surface area contributed by atoms with Crippen LogP contribution in [0.1, 0.15) is 53.3 Å². The first-order valence-electron chi connectivity index (χ1n) is 7.26. The topological polar surface area (TPSA) is 63.7 Å². The van der Waals surface area contributed by atoms with E-state index < -0.39 is 17.8 Å². The average Bonchev–Trinajstić information content (AvgIpc) is 2.97. The van der Waals surface area contributed by atoms with Gasteiger partial charge in [0, 0.05) is 0 Å². The Morgan fingerprint density at radius 3 is 2.33 bits per heavy atom. The molecule has 0 saturated heterocycles. The van der Waals surface area contributed by atoms with Crippen molar-refractivity contribution in [3.8, 4) is 0 Å². The van der Waals surface area contributed by atoms with Crippen molar-refractivity contribution in [3.05, 3.63) is 35.4 Å². The van der Waals surface area contributed by atoms with E-state index in [2.05, 4.69) is 6.92 Å². The van der Waals surface area contributed by atoms with Gasteiger partial charge >= 0.3 is 5.97 Å². The summed E-state index contributed by atoms with van der Waals surface area (Å²) in [4.78, 5) is 41.1. The summed E-state index contributed by atoms with van der Waals surface area (Å²) in [7, 11) is 0. The van der Waals surface area contributed by atoms with Crippen molar-refractivity contribution >= 4 is 17.8 Å². The molecular formula is C16H17NO4. The van der Waals surface area contributed by atoms with Crippen molar-refractivity contribution in [1.82, 2.24) is 5.06 Å². The highest BCUT2D eigenvalue weighted by Gasteiger charge is 2.39. The van der Waals surface area contributed by atoms with Gasteiger partial charge in [0.25, 0.3) is 11.8 Å². The van der Waals surface area contributed by atoms with Gasteiger partial charge in [-0.05, 0) is 30.4 Å². The van der Waals surface area contributed by atoms with Crippen LogP contribution in [0.4, 0.5) is 0 Å². The summed E-state index contributed by atoms with van der Waals surface area (Å²) in [5.74, 6) is -0.873. The molecule has 5 nitrogen and oxygen atoms in total. The lowest BCUT2D eigenvalue weighted by Crippen LogP contribution is -2.33. The molecule has 0 aromatic heterocycles. The number of imide groups is 1. The molecule has 110 valence electrons. The molecule has 21 heavy (non-hydrogen) atoms. The second-order valence-electron chi connectivity index (χ2n) is 5.79. The standard InChI is InChI=1S/C16H17NO4/c1-10-5-4-6-11(10)9-14(18)21-17-15(19)12-7-2-3-8-13(12)16(17)20/h2-3,7-8,10-11H,4-6,9H2,1H3. The molecule has 1 saturated carbocycles. The summed E-state index contributed by atoms with van der Waals surface area (Å²) in [5.41, 5.74) is 0.564. The van der Waals surface area contributed by atoms with Crippen LogP contribution in [0.3, 0.4) is 0 Å². The molecule has 1 fully saturated rings. The summed E-state index contributed by atoms with van der Waals surface area (Å²) >= 11 is 0. The highest BCUT2D eigenvalue weighted by molar-refractivity contribution is 6.20. The van der Waals surface area contributed by atoms with E-state index in [1.165, 1.54) is 0 Å². The Morgan fingerprint density at radius 2 is 1.81 bits per heavy atom. The summed E-state index contributed by atoms with van der Waals surface area (Å²) < 4.78 is 0. The number of carbonyl (C=O) groups is 3. The molecule has 1 aromatic rings. The van der Waals surface area contributed by atoms with E-state index in [1.54, 1.807) is 24.3 Å². The van der Waals surface area contributed by atoms with E-state index in [0.717, 1.165) is 19.3 Å². The lowest BCUT2D eigenvalue weighted by atomic mass is 9.95. The molecule has 1 aromatic carbocycles. The van der Waals surface area contributed by atoms with Gasteiger partial charge in [-0.15, -0.1) is 0 Å². The van der Waals surface area contributed by atoms with Crippen LogP contribution >= 0.6 is 0 Å². The lowest BCUT2D eigenvalue weighted by Gasteiger charge is -2.17. The quantitative estimate of drug-likeness (QED) is 0.801. The number of hydrogen-bond acceptors (Lipinski definition) is 4. The zero-order valence-electron chi connectivity index (χ0n) is 11.9. The third kappa shape index (κ3) is 2.44. The minimum Gasteiger partial charge on any atom is -0.330 e. The van der Waals surface area contributed by atoms with E-state index in [9.17, 15) is 14.4 Å². The Kier molecular flexibility index (Phi) is 3.49. The number of nitrogens with zero attached hydrogens (tertiary/aromatic N) is 1. The van der Waals surface area contributed by atoms with Crippen LogP contribution in [0.25, 0.3) is 0 Å². The second-order valence-corrected chi connectivity index (χ2v) is 5.79. The first-order valence-corrected chi connectivity index (χ1v) is 7.26. The molecule has 1 heterocycles. The van der Waals surface area contributed by atoms with Crippen LogP contribution in [-0.2, 0) is 9.63 Å². The van der Waals surface area contributed by atoms with E-state index in [1.807, 2.05) is 0 Å². The Bertz CT molecular complexity index is 575. The molecule has 0 N–H and O–H groups in total. The van der Waals surface area contributed by atoms with Gasteiger partial charge < -0.3 is 4.84 Å². The predicted octanol–water partition coefficient (Wildman–Crippen LogP) is 2.57. The van der Waals surface area contributed by atoms with Crippen molar-refractivity contribution in [1.29, 1.82) is 0 Å². The van der Waals surface area contributed by atoms with Gasteiger partial charge in [-0.2, -0.15) is 0 Å². The lowest BCUT2D eigenvalue weighted by molar-refractivity contribution is -0.169. The predicted molar refractivity (Wildman–Crippen MR) is 74.2 cm³/mol. The molecule has 3 rings (SSSR count). The summed E-state index contributed by atoms with van der Waals surface area (Å²) in [6, 6.07) is 6.47. The monoisotopic (exact) mass is 287 g/mol. The molecule has 5 heteroatoms. The van der Waals surface area contributed by atoms with Crippen LogP contribution in [-0.4, -0.2) is 22.8 Å². The molecular weight excluding hydrogens is 270 g/mol. The van der Waals surface area contributed by atoms with Crippen molar-refractivity contribution in [2.75, 3.05) is 0 Å². The zero-order chi connectivity index (χ0) is 15.0. The maximum Gasteiger partial charge on any atom is 0.333 e. The third-order valence-corrected chi connectivity index (χ3v) is 4.42. The third-order valence-electron chi connectivity index (χ3n) is 4.42. The normalized spacial score (nSPS) is 24.3. The minimum atomic E-state index is -0.566. The number of carbonyl (C=O) groups excluding carboxylic acids is 3. The van der Waals surface area contributed by atoms with Gasteiger partial charge in [0.15, 0.2) is 0 Å². The SMILES string of the molecule is CC1CCCC1CC(=O)ON1C(=O)c2ccccc2C1=O. The second kappa shape index (κ2) is 5.31. The Hall–Kier alpha value is -2.17. The highest BCUT2D eigenvalue weighted by Crippen LogP contribution is 2.34. The number of amides is 2. The number of rotatable bonds is 3. The first-order chi connectivity index (χ1) is 10.1. The summed E-state index contributed by atoms with van der Waals surface area (Å²) in [5, 5.41) is 0.590. The highest BCUT2D eigenvalue weighted by atomic mass is 16.7. The van der Waals surface area contributed by atoms with Crippen LogP contribution in [0.2, 0.25) is 0 Å². The molecule has 0 bridgehead atoms. The van der Waals surface area contributed by atoms with E-state index >= 15 is 0 Å². The molecule has 1 aliphatic carbocycles. The van der Waals surface area contributed by atoms with Gasteiger partial charge in [-0.1, -0.05) is 37.0 Å². The number of fused-ring (bicyclic) bond motifs is 1. The van der Waals surface area contributed by atoms with Gasteiger partial charge in [-0.25, -0.2) is 4.79 Å².